The summed E-state index contributed by atoms with van der Waals surface area (Å²) in [5.74, 6) is -4.07. The average molecular weight is 575 g/mol. The molecule has 4 aromatic carbocycles. The fourth-order valence-corrected chi connectivity index (χ4v) is 5.22. The number of alkyl halides is 3. The lowest BCUT2D eigenvalue weighted by Crippen LogP contribution is -2.12. The van der Waals surface area contributed by atoms with E-state index in [0.29, 0.717) is 46.9 Å². The molecular formula is C34H33F7. The fraction of sp³-hybridized carbons (Fsp3) is 0.353. The maximum Gasteiger partial charge on any atom is 0.422 e. The standard InChI is InChI=1S/C34H33F7/c1-2-3-4-5-6-7-22-8-12-25(29(35)19-22)13-9-23-11-17-28-27(18-23)16-15-26(33(28)38)14-10-24-20-30(36)32(31(37)21-24)34(39,40)41/h8,11-12,15-21H,2-7,9-10,13-14H2,1H3. The number of benzene rings is 4. The van der Waals surface area contributed by atoms with Crippen molar-refractivity contribution >= 4 is 10.8 Å². The Balaban J connectivity index is 1.38. The molecule has 0 saturated heterocycles. The summed E-state index contributed by atoms with van der Waals surface area (Å²) in [6.45, 7) is 2.18. The molecule has 7 heteroatoms. The van der Waals surface area contributed by atoms with E-state index in [4.69, 9.17) is 0 Å². The number of halogens is 7. The van der Waals surface area contributed by atoms with Crippen LogP contribution in [0.15, 0.2) is 60.7 Å². The number of rotatable bonds is 12. The number of unbranched alkanes of at least 4 members (excludes halogenated alkanes) is 4. The number of hydrogen-bond donors (Lipinski definition) is 0. The molecule has 0 radical (unpaired) electrons. The van der Waals surface area contributed by atoms with Crippen molar-refractivity contribution in [2.45, 2.75) is 77.3 Å². The second-order valence-electron chi connectivity index (χ2n) is 10.6. The van der Waals surface area contributed by atoms with Crippen LogP contribution in [-0.2, 0) is 38.3 Å². The smallest absolute Gasteiger partial charge is 0.207 e. The molecule has 0 spiro atoms. The zero-order chi connectivity index (χ0) is 29.6. The van der Waals surface area contributed by atoms with E-state index in [9.17, 15) is 26.3 Å². The van der Waals surface area contributed by atoms with Crippen molar-refractivity contribution < 1.29 is 30.7 Å². The molecule has 0 saturated carbocycles. The molecular weight excluding hydrogens is 541 g/mol. The molecule has 0 bridgehead atoms. The number of aryl methyl sites for hydroxylation is 5. The highest BCUT2D eigenvalue weighted by Gasteiger charge is 2.37. The molecule has 0 aliphatic carbocycles. The first-order chi connectivity index (χ1) is 19.6. The van der Waals surface area contributed by atoms with Crippen LogP contribution in [0.3, 0.4) is 0 Å². The first-order valence-electron chi connectivity index (χ1n) is 14.1. The Labute approximate surface area is 236 Å². The molecule has 0 nitrogen and oxygen atoms in total. The van der Waals surface area contributed by atoms with Gasteiger partial charge < -0.3 is 0 Å². The highest BCUT2D eigenvalue weighted by Crippen LogP contribution is 2.34. The van der Waals surface area contributed by atoms with Crippen LogP contribution in [0.2, 0.25) is 0 Å². The van der Waals surface area contributed by atoms with Crippen molar-refractivity contribution in [3.8, 4) is 0 Å². The minimum atomic E-state index is -5.14. The molecule has 218 valence electrons. The Kier molecular flexibility index (Phi) is 10.1. The molecule has 4 aromatic rings. The molecule has 0 heterocycles. The van der Waals surface area contributed by atoms with Gasteiger partial charge in [0, 0.05) is 5.39 Å². The first-order valence-corrected chi connectivity index (χ1v) is 14.1. The zero-order valence-corrected chi connectivity index (χ0v) is 23.0. The Hall–Kier alpha value is -3.35. The zero-order valence-electron chi connectivity index (χ0n) is 23.0. The van der Waals surface area contributed by atoms with E-state index in [1.165, 1.54) is 19.3 Å². The number of fused-ring (bicyclic) bond motifs is 1. The SMILES string of the molecule is CCCCCCCc1ccc(CCc2ccc3c(F)c(CCc4cc(F)c(C(F)(F)F)c(F)c4)ccc3c2)c(F)c1. The fourth-order valence-electron chi connectivity index (χ4n) is 5.22. The maximum atomic E-state index is 15.2. The molecule has 0 aliphatic heterocycles. The van der Waals surface area contributed by atoms with Gasteiger partial charge in [-0.05, 0) is 89.9 Å². The van der Waals surface area contributed by atoms with E-state index in [1.54, 1.807) is 30.3 Å². The third-order valence-electron chi connectivity index (χ3n) is 7.54. The Bertz CT molecular complexity index is 1460. The summed E-state index contributed by atoms with van der Waals surface area (Å²) in [4.78, 5) is 0. The Morgan fingerprint density at radius 3 is 1.80 bits per heavy atom. The van der Waals surface area contributed by atoms with Gasteiger partial charge in [-0.15, -0.1) is 0 Å². The molecule has 0 unspecified atom stereocenters. The van der Waals surface area contributed by atoms with Crippen molar-refractivity contribution in [3.05, 3.63) is 117 Å². The van der Waals surface area contributed by atoms with Crippen LogP contribution in [0.1, 0.15) is 72.4 Å². The lowest BCUT2D eigenvalue weighted by atomic mass is 9.96. The summed E-state index contributed by atoms with van der Waals surface area (Å²) in [6.07, 6.45) is 2.69. The summed E-state index contributed by atoms with van der Waals surface area (Å²) in [5.41, 5.74) is 0.945. The van der Waals surface area contributed by atoms with Gasteiger partial charge in [0.1, 0.15) is 28.8 Å². The lowest BCUT2D eigenvalue weighted by molar-refractivity contribution is -0.142. The lowest BCUT2D eigenvalue weighted by Gasteiger charge is -2.12. The normalized spacial score (nSPS) is 11.9. The third kappa shape index (κ3) is 7.90. The largest absolute Gasteiger partial charge is 0.422 e. The van der Waals surface area contributed by atoms with E-state index in [-0.39, 0.29) is 24.2 Å². The minimum Gasteiger partial charge on any atom is -0.207 e. The molecule has 0 N–H and O–H groups in total. The van der Waals surface area contributed by atoms with Gasteiger partial charge in [-0.1, -0.05) is 75.1 Å². The first kappa shape index (κ1) is 30.6. The minimum absolute atomic E-state index is 0.00934. The third-order valence-corrected chi connectivity index (χ3v) is 7.54. The topological polar surface area (TPSA) is 0 Å². The molecule has 0 aliphatic rings. The molecule has 0 amide bonds. The van der Waals surface area contributed by atoms with Crippen molar-refractivity contribution in [1.29, 1.82) is 0 Å². The van der Waals surface area contributed by atoms with Crippen molar-refractivity contribution in [2.75, 3.05) is 0 Å². The molecule has 0 aromatic heterocycles. The van der Waals surface area contributed by atoms with Crippen molar-refractivity contribution in [3.63, 3.8) is 0 Å². The molecule has 0 atom stereocenters. The Morgan fingerprint density at radius 2 is 1.12 bits per heavy atom. The van der Waals surface area contributed by atoms with Crippen LogP contribution in [0.4, 0.5) is 30.7 Å². The summed E-state index contributed by atoms with van der Waals surface area (Å²) in [6, 6.07) is 15.3. The van der Waals surface area contributed by atoms with Gasteiger partial charge in [-0.25, -0.2) is 17.6 Å². The maximum absolute atomic E-state index is 15.2. The van der Waals surface area contributed by atoms with Crippen LogP contribution in [-0.4, -0.2) is 0 Å². The predicted octanol–water partition coefficient (Wildman–Crippen LogP) is 10.5. The van der Waals surface area contributed by atoms with Crippen LogP contribution >= 0.6 is 0 Å². The molecule has 41 heavy (non-hydrogen) atoms. The van der Waals surface area contributed by atoms with Crippen molar-refractivity contribution in [2.24, 2.45) is 0 Å². The molecule has 0 fully saturated rings. The van der Waals surface area contributed by atoms with Gasteiger partial charge in [0.15, 0.2) is 0 Å². The summed E-state index contributed by atoms with van der Waals surface area (Å²) in [5, 5.41) is 1.03. The highest BCUT2D eigenvalue weighted by atomic mass is 19.4. The van der Waals surface area contributed by atoms with E-state index in [0.717, 1.165) is 30.4 Å². The quantitative estimate of drug-likeness (QED) is 0.117. The van der Waals surface area contributed by atoms with Crippen molar-refractivity contribution in [1.82, 2.24) is 0 Å². The van der Waals surface area contributed by atoms with E-state index in [1.807, 2.05) is 18.2 Å². The second kappa shape index (κ2) is 13.5. The molecule has 4 rings (SSSR count). The summed E-state index contributed by atoms with van der Waals surface area (Å²) < 4.78 is 96.1. The van der Waals surface area contributed by atoms with Gasteiger partial charge in [-0.2, -0.15) is 13.2 Å². The predicted molar refractivity (Wildman–Crippen MR) is 149 cm³/mol. The van der Waals surface area contributed by atoms with Gasteiger partial charge in [0.05, 0.1) is 0 Å². The van der Waals surface area contributed by atoms with Crippen LogP contribution in [0, 0.1) is 23.3 Å². The van der Waals surface area contributed by atoms with E-state index < -0.39 is 29.2 Å². The Morgan fingerprint density at radius 1 is 0.537 bits per heavy atom. The highest BCUT2D eigenvalue weighted by molar-refractivity contribution is 5.84. The monoisotopic (exact) mass is 574 g/mol. The van der Waals surface area contributed by atoms with Gasteiger partial charge in [-0.3, -0.25) is 0 Å². The van der Waals surface area contributed by atoms with E-state index in [2.05, 4.69) is 6.92 Å². The van der Waals surface area contributed by atoms with Crippen LogP contribution in [0.5, 0.6) is 0 Å². The van der Waals surface area contributed by atoms with Gasteiger partial charge in [0.25, 0.3) is 0 Å². The second-order valence-corrected chi connectivity index (χ2v) is 10.6. The summed E-state index contributed by atoms with van der Waals surface area (Å²) in [7, 11) is 0. The van der Waals surface area contributed by atoms with Crippen LogP contribution in [0.25, 0.3) is 10.8 Å². The average Bonchev–Trinajstić information content (AvgIpc) is 2.91. The number of hydrogen-bond acceptors (Lipinski definition) is 0. The summed E-state index contributed by atoms with van der Waals surface area (Å²) >= 11 is 0. The van der Waals surface area contributed by atoms with Crippen LogP contribution < -0.4 is 0 Å². The van der Waals surface area contributed by atoms with Gasteiger partial charge >= 0.3 is 6.18 Å². The van der Waals surface area contributed by atoms with Gasteiger partial charge in [0.2, 0.25) is 0 Å². The van der Waals surface area contributed by atoms with E-state index >= 15 is 4.39 Å².